The largest absolute Gasteiger partial charge is 0.311 e. The first-order valence-electron chi connectivity index (χ1n) is 6.61. The van der Waals surface area contributed by atoms with Crippen molar-refractivity contribution >= 4 is 11.3 Å². The number of rotatable bonds is 4. The van der Waals surface area contributed by atoms with Gasteiger partial charge in [-0.05, 0) is 19.8 Å². The van der Waals surface area contributed by atoms with Crippen LogP contribution in [0.3, 0.4) is 0 Å². The van der Waals surface area contributed by atoms with Crippen LogP contribution in [0.5, 0.6) is 0 Å². The summed E-state index contributed by atoms with van der Waals surface area (Å²) in [5, 5.41) is 3.64. The normalized spacial score (nSPS) is 26.3. The van der Waals surface area contributed by atoms with Gasteiger partial charge in [0.2, 0.25) is 0 Å². The fourth-order valence-corrected chi connectivity index (χ4v) is 3.26. The van der Waals surface area contributed by atoms with Crippen molar-refractivity contribution in [1.29, 1.82) is 0 Å². The quantitative estimate of drug-likeness (QED) is 0.893. The molecule has 0 bridgehead atoms. The zero-order valence-corrected chi connectivity index (χ0v) is 11.9. The molecule has 96 valence electrons. The van der Waals surface area contributed by atoms with E-state index in [9.17, 15) is 0 Å². The molecule has 2 unspecified atom stereocenters. The maximum Gasteiger partial charge on any atom is 0.0798 e. The van der Waals surface area contributed by atoms with Gasteiger partial charge in [-0.3, -0.25) is 4.90 Å². The Labute approximate surface area is 108 Å². The molecule has 0 aromatic carbocycles. The molecule has 17 heavy (non-hydrogen) atoms. The van der Waals surface area contributed by atoms with Gasteiger partial charge in [0, 0.05) is 36.6 Å². The van der Waals surface area contributed by atoms with Crippen LogP contribution in [0.15, 0.2) is 5.51 Å². The van der Waals surface area contributed by atoms with Crippen LogP contribution in [-0.2, 0) is 6.54 Å². The molecule has 0 spiro atoms. The Balaban J connectivity index is 2.03. The molecule has 1 saturated heterocycles. The van der Waals surface area contributed by atoms with Crippen LogP contribution in [0.1, 0.15) is 37.3 Å². The predicted octanol–water partition coefficient (Wildman–Crippen LogP) is 2.41. The lowest BCUT2D eigenvalue weighted by Crippen LogP contribution is -2.55. The van der Waals surface area contributed by atoms with E-state index in [1.165, 1.54) is 30.0 Å². The van der Waals surface area contributed by atoms with Gasteiger partial charge in [-0.15, -0.1) is 11.3 Å². The maximum atomic E-state index is 4.35. The predicted molar refractivity (Wildman–Crippen MR) is 73.4 cm³/mol. The van der Waals surface area contributed by atoms with Crippen molar-refractivity contribution in [3.63, 3.8) is 0 Å². The van der Waals surface area contributed by atoms with E-state index in [2.05, 4.69) is 36.0 Å². The van der Waals surface area contributed by atoms with E-state index < -0.39 is 0 Å². The average molecular weight is 253 g/mol. The summed E-state index contributed by atoms with van der Waals surface area (Å²) in [7, 11) is 0. The van der Waals surface area contributed by atoms with E-state index in [-0.39, 0.29) is 0 Å². The van der Waals surface area contributed by atoms with Gasteiger partial charge in [-0.2, -0.15) is 0 Å². The minimum absolute atomic E-state index is 0.658. The molecule has 1 aromatic rings. The Kier molecular flexibility index (Phi) is 4.54. The standard InChI is InChI=1S/C13H23N3S/c1-4-11-7-16(12(5-2)6-14-11)8-13-10(3)15-9-17-13/h9,11-12,14H,4-8H2,1-3H3. The molecule has 1 fully saturated rings. The Morgan fingerprint density at radius 3 is 2.88 bits per heavy atom. The molecular formula is C13H23N3S. The average Bonchev–Trinajstić information content (AvgIpc) is 2.75. The summed E-state index contributed by atoms with van der Waals surface area (Å²) < 4.78 is 0. The summed E-state index contributed by atoms with van der Waals surface area (Å²) >= 11 is 1.79. The highest BCUT2D eigenvalue weighted by Gasteiger charge is 2.26. The van der Waals surface area contributed by atoms with Gasteiger partial charge in [0.15, 0.2) is 0 Å². The Hall–Kier alpha value is -0.450. The fraction of sp³-hybridized carbons (Fsp3) is 0.769. The van der Waals surface area contributed by atoms with Gasteiger partial charge in [-0.1, -0.05) is 13.8 Å². The second kappa shape index (κ2) is 5.94. The van der Waals surface area contributed by atoms with Crippen LogP contribution in [-0.4, -0.2) is 35.1 Å². The lowest BCUT2D eigenvalue weighted by atomic mass is 10.1. The van der Waals surface area contributed by atoms with Gasteiger partial charge in [0.1, 0.15) is 0 Å². The summed E-state index contributed by atoms with van der Waals surface area (Å²) in [6.45, 7) is 10.0. The SMILES string of the molecule is CCC1CN(Cc2scnc2C)C(CC)CN1. The number of aromatic nitrogens is 1. The molecule has 0 aliphatic carbocycles. The van der Waals surface area contributed by atoms with Crippen LogP contribution >= 0.6 is 11.3 Å². The first-order valence-corrected chi connectivity index (χ1v) is 7.48. The Morgan fingerprint density at radius 1 is 1.47 bits per heavy atom. The second-order valence-electron chi connectivity index (χ2n) is 4.87. The zero-order chi connectivity index (χ0) is 12.3. The molecule has 2 rings (SSSR count). The molecule has 1 N–H and O–H groups in total. The smallest absolute Gasteiger partial charge is 0.0798 e. The number of piperazine rings is 1. The molecule has 1 aliphatic heterocycles. The molecule has 0 radical (unpaired) electrons. The third-order valence-corrected chi connectivity index (χ3v) is 4.69. The van der Waals surface area contributed by atoms with E-state index >= 15 is 0 Å². The minimum Gasteiger partial charge on any atom is -0.311 e. The molecule has 1 aliphatic rings. The van der Waals surface area contributed by atoms with Crippen molar-refractivity contribution in [2.45, 2.75) is 52.2 Å². The summed E-state index contributed by atoms with van der Waals surface area (Å²) in [4.78, 5) is 8.41. The number of hydrogen-bond donors (Lipinski definition) is 1. The van der Waals surface area contributed by atoms with E-state index in [1.54, 1.807) is 11.3 Å². The van der Waals surface area contributed by atoms with Crippen molar-refractivity contribution in [1.82, 2.24) is 15.2 Å². The molecule has 3 nitrogen and oxygen atoms in total. The fourth-order valence-electron chi connectivity index (χ4n) is 2.46. The minimum atomic E-state index is 0.658. The van der Waals surface area contributed by atoms with Crippen LogP contribution in [0, 0.1) is 6.92 Å². The first kappa shape index (κ1) is 13.0. The Morgan fingerprint density at radius 2 is 2.29 bits per heavy atom. The monoisotopic (exact) mass is 253 g/mol. The number of thiazole rings is 1. The first-order chi connectivity index (χ1) is 8.24. The third kappa shape index (κ3) is 3.06. The second-order valence-corrected chi connectivity index (χ2v) is 5.81. The van der Waals surface area contributed by atoms with Crippen molar-refractivity contribution in [2.24, 2.45) is 0 Å². The van der Waals surface area contributed by atoms with Gasteiger partial charge < -0.3 is 5.32 Å². The zero-order valence-electron chi connectivity index (χ0n) is 11.1. The lowest BCUT2D eigenvalue weighted by Gasteiger charge is -2.39. The highest BCUT2D eigenvalue weighted by molar-refractivity contribution is 7.09. The van der Waals surface area contributed by atoms with Crippen LogP contribution in [0.4, 0.5) is 0 Å². The van der Waals surface area contributed by atoms with E-state index in [0.29, 0.717) is 12.1 Å². The molecule has 0 saturated carbocycles. The highest BCUT2D eigenvalue weighted by Crippen LogP contribution is 2.20. The van der Waals surface area contributed by atoms with E-state index in [1.807, 2.05) is 5.51 Å². The van der Waals surface area contributed by atoms with Crippen molar-refractivity contribution in [2.75, 3.05) is 13.1 Å². The molecule has 2 atom stereocenters. The molecule has 1 aromatic heterocycles. The lowest BCUT2D eigenvalue weighted by molar-refractivity contribution is 0.118. The Bertz CT molecular complexity index is 350. The maximum absolute atomic E-state index is 4.35. The van der Waals surface area contributed by atoms with Gasteiger partial charge in [0.25, 0.3) is 0 Å². The molecule has 2 heterocycles. The van der Waals surface area contributed by atoms with Crippen molar-refractivity contribution in [3.05, 3.63) is 16.1 Å². The topological polar surface area (TPSA) is 28.2 Å². The van der Waals surface area contributed by atoms with Gasteiger partial charge in [-0.25, -0.2) is 4.98 Å². The molecular weight excluding hydrogens is 230 g/mol. The number of nitrogens with one attached hydrogen (secondary N) is 1. The van der Waals surface area contributed by atoms with Crippen LogP contribution in [0.2, 0.25) is 0 Å². The van der Waals surface area contributed by atoms with Crippen LogP contribution < -0.4 is 5.32 Å². The van der Waals surface area contributed by atoms with Gasteiger partial charge >= 0.3 is 0 Å². The molecule has 0 amide bonds. The third-order valence-electron chi connectivity index (χ3n) is 3.77. The number of nitrogens with zero attached hydrogens (tertiary/aromatic N) is 2. The summed E-state index contributed by atoms with van der Waals surface area (Å²) in [6, 6.07) is 1.34. The van der Waals surface area contributed by atoms with Crippen molar-refractivity contribution < 1.29 is 0 Å². The highest BCUT2D eigenvalue weighted by atomic mass is 32.1. The summed E-state index contributed by atoms with van der Waals surface area (Å²) in [5.41, 5.74) is 3.17. The summed E-state index contributed by atoms with van der Waals surface area (Å²) in [6.07, 6.45) is 2.44. The van der Waals surface area contributed by atoms with Gasteiger partial charge in [0.05, 0.1) is 11.2 Å². The van der Waals surface area contributed by atoms with E-state index in [4.69, 9.17) is 0 Å². The van der Waals surface area contributed by atoms with Crippen molar-refractivity contribution in [3.8, 4) is 0 Å². The number of aryl methyl sites for hydroxylation is 1. The van der Waals surface area contributed by atoms with Crippen LogP contribution in [0.25, 0.3) is 0 Å². The number of hydrogen-bond acceptors (Lipinski definition) is 4. The molecule has 4 heteroatoms. The van der Waals surface area contributed by atoms with E-state index in [0.717, 1.165) is 13.1 Å². The summed E-state index contributed by atoms with van der Waals surface area (Å²) in [5.74, 6) is 0.